The van der Waals surface area contributed by atoms with E-state index in [1.807, 2.05) is 12.3 Å². The number of rotatable bonds is 6. The molecule has 0 saturated carbocycles. The van der Waals surface area contributed by atoms with Gasteiger partial charge in [0, 0.05) is 61.8 Å². The maximum atomic E-state index is 14.5. The molecule has 2 aliphatic rings. The molecule has 1 N–H and O–H groups in total. The van der Waals surface area contributed by atoms with Crippen LogP contribution in [0.5, 0.6) is 0 Å². The number of amides is 1. The van der Waals surface area contributed by atoms with Crippen molar-refractivity contribution in [2.75, 3.05) is 26.2 Å². The van der Waals surface area contributed by atoms with Crippen molar-refractivity contribution in [3.05, 3.63) is 60.3 Å². The number of halogens is 4. The van der Waals surface area contributed by atoms with Gasteiger partial charge >= 0.3 is 6.18 Å². The van der Waals surface area contributed by atoms with E-state index in [-0.39, 0.29) is 32.3 Å². The number of aliphatic hydroxyl groups excluding tert-OH is 1. The van der Waals surface area contributed by atoms with E-state index in [1.54, 1.807) is 21.6 Å². The van der Waals surface area contributed by atoms with Gasteiger partial charge in [-0.25, -0.2) is 19.3 Å². The molecule has 0 spiro atoms. The van der Waals surface area contributed by atoms with E-state index in [9.17, 15) is 32.7 Å². The Balaban J connectivity index is 1.13. The van der Waals surface area contributed by atoms with Gasteiger partial charge in [-0.05, 0) is 25.0 Å². The van der Waals surface area contributed by atoms with Crippen molar-refractivity contribution in [1.29, 1.82) is 5.26 Å². The van der Waals surface area contributed by atoms with Crippen LogP contribution in [0.1, 0.15) is 35.3 Å². The Morgan fingerprint density at radius 2 is 1.93 bits per heavy atom. The van der Waals surface area contributed by atoms with Crippen molar-refractivity contribution < 1.29 is 27.5 Å². The summed E-state index contributed by atoms with van der Waals surface area (Å²) in [6.45, 7) is 1.41. The zero-order valence-corrected chi connectivity index (χ0v) is 22.2. The lowest BCUT2D eigenvalue weighted by molar-refractivity contribution is -0.143. The Labute approximate surface area is 236 Å². The van der Waals surface area contributed by atoms with Gasteiger partial charge in [0.15, 0.2) is 11.5 Å². The Morgan fingerprint density at radius 1 is 1.17 bits per heavy atom. The summed E-state index contributed by atoms with van der Waals surface area (Å²) in [7, 11) is 0. The first-order valence-electron chi connectivity index (χ1n) is 13.2. The largest absolute Gasteiger partial charge is 0.436 e. The van der Waals surface area contributed by atoms with Crippen LogP contribution in [0.4, 0.5) is 17.6 Å². The molecule has 2 aliphatic heterocycles. The number of nitriles is 1. The van der Waals surface area contributed by atoms with Crippen molar-refractivity contribution in [2.45, 2.75) is 43.8 Å². The van der Waals surface area contributed by atoms with Gasteiger partial charge in [0.05, 0.1) is 29.9 Å². The number of hydrogen-bond donors (Lipinski definition) is 1. The number of pyridine rings is 1. The van der Waals surface area contributed by atoms with Crippen LogP contribution in [0.15, 0.2) is 43.2 Å². The predicted molar refractivity (Wildman–Crippen MR) is 139 cm³/mol. The van der Waals surface area contributed by atoms with Crippen LogP contribution in [0.3, 0.4) is 0 Å². The lowest BCUT2D eigenvalue weighted by atomic mass is 9.83. The predicted octanol–water partition coefficient (Wildman–Crippen LogP) is 3.03. The molecular formula is C27H25F4N9O2. The molecule has 4 aromatic rings. The average molecular weight is 584 g/mol. The zero-order valence-electron chi connectivity index (χ0n) is 22.2. The number of carbonyl (C=O) groups is 1. The van der Waals surface area contributed by atoms with Crippen molar-refractivity contribution in [1.82, 2.24) is 39.1 Å². The molecule has 0 bridgehead atoms. The third-order valence-corrected chi connectivity index (χ3v) is 8.11. The molecule has 42 heavy (non-hydrogen) atoms. The van der Waals surface area contributed by atoms with Gasteiger partial charge in [0.2, 0.25) is 0 Å². The highest BCUT2D eigenvalue weighted by atomic mass is 19.4. The molecule has 0 atom stereocenters. The van der Waals surface area contributed by atoms with Gasteiger partial charge in [-0.3, -0.25) is 14.4 Å². The fraction of sp³-hybridized carbons (Fsp3) is 0.407. The second-order valence-corrected chi connectivity index (χ2v) is 10.6. The molecule has 2 saturated heterocycles. The lowest BCUT2D eigenvalue weighted by Crippen LogP contribution is -2.66. The molecule has 0 radical (unpaired) electrons. The second-order valence-electron chi connectivity index (χ2n) is 10.6. The Hall–Kier alpha value is -4.42. The van der Waals surface area contributed by atoms with Gasteiger partial charge in [0.25, 0.3) is 5.91 Å². The molecule has 0 unspecified atom stereocenters. The summed E-state index contributed by atoms with van der Waals surface area (Å²) in [5.41, 5.74) is -0.904. The number of nitrogens with zero attached hydrogens (tertiary/aromatic N) is 9. The normalized spacial score (nSPS) is 17.8. The summed E-state index contributed by atoms with van der Waals surface area (Å²) in [6, 6.07) is 5.14. The molecule has 15 heteroatoms. The topological polar surface area (TPSA) is 129 Å². The molecule has 2 fully saturated rings. The Morgan fingerprint density at radius 3 is 2.62 bits per heavy atom. The first-order valence-corrected chi connectivity index (χ1v) is 13.2. The van der Waals surface area contributed by atoms with E-state index in [2.05, 4.69) is 31.0 Å². The van der Waals surface area contributed by atoms with Crippen molar-refractivity contribution in [2.24, 2.45) is 0 Å². The molecule has 0 aliphatic carbocycles. The van der Waals surface area contributed by atoms with Gasteiger partial charge in [-0.1, -0.05) is 0 Å². The van der Waals surface area contributed by atoms with Crippen LogP contribution in [0.2, 0.25) is 0 Å². The summed E-state index contributed by atoms with van der Waals surface area (Å²) >= 11 is 0. The minimum absolute atomic E-state index is 0.0867. The van der Waals surface area contributed by atoms with Gasteiger partial charge in [0.1, 0.15) is 24.2 Å². The minimum Gasteiger partial charge on any atom is -0.376 e. The van der Waals surface area contributed by atoms with Crippen LogP contribution >= 0.6 is 0 Å². The van der Waals surface area contributed by atoms with Crippen LogP contribution < -0.4 is 0 Å². The molecule has 4 aromatic heterocycles. The lowest BCUT2D eigenvalue weighted by Gasteiger charge is -2.53. The highest BCUT2D eigenvalue weighted by Gasteiger charge is 2.48. The smallest absolute Gasteiger partial charge is 0.376 e. The van der Waals surface area contributed by atoms with Crippen molar-refractivity contribution >= 4 is 16.9 Å². The summed E-state index contributed by atoms with van der Waals surface area (Å²) in [5.74, 6) is -2.45. The van der Waals surface area contributed by atoms with E-state index in [0.29, 0.717) is 37.3 Å². The number of carbonyl (C=O) groups excluding carboxylic acids is 1. The Kier molecular flexibility index (Phi) is 6.90. The van der Waals surface area contributed by atoms with Gasteiger partial charge < -0.3 is 14.6 Å². The summed E-state index contributed by atoms with van der Waals surface area (Å²) < 4.78 is 57.0. The molecule has 6 rings (SSSR count). The van der Waals surface area contributed by atoms with Crippen LogP contribution in [0.25, 0.3) is 22.3 Å². The zero-order chi connectivity index (χ0) is 29.6. The molecule has 1 amide bonds. The maximum absolute atomic E-state index is 14.5. The number of aliphatic hydroxyl groups is 1. The molecular weight excluding hydrogens is 558 g/mol. The number of likely N-dealkylation sites (tertiary alicyclic amines) is 2. The summed E-state index contributed by atoms with van der Waals surface area (Å²) in [6.07, 6.45) is 3.82. The second kappa shape index (κ2) is 10.4. The van der Waals surface area contributed by atoms with E-state index in [1.165, 1.54) is 11.2 Å². The summed E-state index contributed by atoms with van der Waals surface area (Å²) in [5, 5.41) is 24.5. The third-order valence-electron chi connectivity index (χ3n) is 8.11. The Bertz CT molecular complexity index is 1680. The van der Waals surface area contributed by atoms with E-state index >= 15 is 0 Å². The van der Waals surface area contributed by atoms with Crippen LogP contribution in [-0.4, -0.2) is 82.3 Å². The molecule has 0 aromatic carbocycles. The summed E-state index contributed by atoms with van der Waals surface area (Å²) in [4.78, 5) is 28.2. The first kappa shape index (κ1) is 27.7. The van der Waals surface area contributed by atoms with Crippen LogP contribution in [0, 0.1) is 17.1 Å². The SMILES string of the molecule is N#CCC1(n2cc(-c3ncnc4c3ccn4CO)cn2)CN(C2CCN(C(=O)c3ccnc(C(F)(F)F)c3F)CC2)C1. The number of hydrogen-bond acceptors (Lipinski definition) is 8. The maximum Gasteiger partial charge on any atom is 0.436 e. The monoisotopic (exact) mass is 583 g/mol. The highest BCUT2D eigenvalue weighted by molar-refractivity contribution is 5.94. The quantitative estimate of drug-likeness (QED) is 0.343. The number of alkyl halides is 3. The van der Waals surface area contributed by atoms with E-state index in [4.69, 9.17) is 0 Å². The fourth-order valence-electron chi connectivity index (χ4n) is 5.92. The van der Waals surface area contributed by atoms with Gasteiger partial charge in [-0.2, -0.15) is 23.5 Å². The van der Waals surface area contributed by atoms with E-state index < -0.39 is 34.7 Å². The molecule has 11 nitrogen and oxygen atoms in total. The third kappa shape index (κ3) is 4.66. The standard InChI is InChI=1S/C27H25F4N9O2/c28-21-19(1-7-33-23(21)27(29,30)31)25(42)37-8-2-18(3-9-37)39-13-26(14-39,5-6-32)40-12-17(11-36-40)22-20-4-10-38(16-41)24(20)35-15-34-22/h1,4,7,10-12,15,18,41H,2-3,5,8-9,13-14,16H2. The van der Waals surface area contributed by atoms with Crippen molar-refractivity contribution in [3.8, 4) is 17.3 Å². The number of aromatic nitrogens is 6. The minimum atomic E-state index is -5.00. The number of piperidine rings is 1. The average Bonchev–Trinajstić information content (AvgIpc) is 3.62. The van der Waals surface area contributed by atoms with Gasteiger partial charge in [-0.15, -0.1) is 0 Å². The highest BCUT2D eigenvalue weighted by Crippen LogP contribution is 2.38. The number of fused-ring (bicyclic) bond motifs is 1. The fourth-order valence-corrected chi connectivity index (χ4v) is 5.92. The molecule has 218 valence electrons. The molecule has 6 heterocycles. The van der Waals surface area contributed by atoms with E-state index in [0.717, 1.165) is 23.2 Å². The first-order chi connectivity index (χ1) is 20.1. The van der Waals surface area contributed by atoms with Crippen molar-refractivity contribution in [3.63, 3.8) is 0 Å². The van der Waals surface area contributed by atoms with Crippen LogP contribution in [-0.2, 0) is 18.4 Å².